The van der Waals surface area contributed by atoms with Crippen molar-refractivity contribution in [2.45, 2.75) is 26.5 Å². The van der Waals surface area contributed by atoms with Gasteiger partial charge in [0, 0.05) is 6.54 Å². The van der Waals surface area contributed by atoms with Gasteiger partial charge in [-0.2, -0.15) is 0 Å². The standard InChI is InChI=1S/C11H19N3O3/c1-7(15)5-14(3)6-9-4-10(8(2)17-9)11(16)13-12/h4,7,15H,5-6,12H2,1-3H3,(H,13,16). The van der Waals surface area contributed by atoms with Gasteiger partial charge in [0.25, 0.3) is 5.91 Å². The molecule has 6 heteroatoms. The summed E-state index contributed by atoms with van der Waals surface area (Å²) in [5, 5.41) is 9.23. The van der Waals surface area contributed by atoms with Gasteiger partial charge in [-0.05, 0) is 27.0 Å². The highest BCUT2D eigenvalue weighted by molar-refractivity contribution is 5.94. The van der Waals surface area contributed by atoms with E-state index in [-0.39, 0.29) is 5.91 Å². The predicted molar refractivity (Wildman–Crippen MR) is 63.1 cm³/mol. The van der Waals surface area contributed by atoms with E-state index in [0.717, 1.165) is 0 Å². The van der Waals surface area contributed by atoms with Crippen LogP contribution in [0.1, 0.15) is 28.8 Å². The van der Waals surface area contributed by atoms with Crippen LogP contribution in [0.4, 0.5) is 0 Å². The molecule has 1 aromatic rings. The van der Waals surface area contributed by atoms with E-state index in [2.05, 4.69) is 5.43 Å². The van der Waals surface area contributed by atoms with Crippen LogP contribution in [0.2, 0.25) is 0 Å². The molecule has 0 radical (unpaired) electrons. The Hall–Kier alpha value is -1.37. The van der Waals surface area contributed by atoms with E-state index >= 15 is 0 Å². The molecule has 1 heterocycles. The number of nitrogen functional groups attached to an aromatic ring is 1. The summed E-state index contributed by atoms with van der Waals surface area (Å²) in [6, 6.07) is 1.66. The topological polar surface area (TPSA) is 91.7 Å². The minimum atomic E-state index is -0.400. The van der Waals surface area contributed by atoms with E-state index in [1.165, 1.54) is 0 Å². The van der Waals surface area contributed by atoms with Gasteiger partial charge in [0.05, 0.1) is 18.2 Å². The number of hydrogen-bond acceptors (Lipinski definition) is 5. The number of furan rings is 1. The molecule has 0 fully saturated rings. The molecule has 0 aliphatic heterocycles. The summed E-state index contributed by atoms with van der Waals surface area (Å²) in [6.45, 7) is 4.50. The summed E-state index contributed by atoms with van der Waals surface area (Å²) in [4.78, 5) is 13.3. The van der Waals surface area contributed by atoms with Crippen LogP contribution >= 0.6 is 0 Å². The molecule has 0 aromatic carbocycles. The number of hydrogen-bond donors (Lipinski definition) is 3. The van der Waals surface area contributed by atoms with Crippen LogP contribution in [0.5, 0.6) is 0 Å². The number of amides is 1. The number of likely N-dealkylation sites (N-methyl/N-ethyl adjacent to an activating group) is 1. The molecule has 1 amide bonds. The van der Waals surface area contributed by atoms with Crippen molar-refractivity contribution in [3.8, 4) is 0 Å². The summed E-state index contributed by atoms with van der Waals surface area (Å²) in [6.07, 6.45) is -0.400. The average Bonchev–Trinajstić information content (AvgIpc) is 2.56. The quantitative estimate of drug-likeness (QED) is 0.383. The van der Waals surface area contributed by atoms with E-state index in [4.69, 9.17) is 10.3 Å². The monoisotopic (exact) mass is 241 g/mol. The smallest absolute Gasteiger partial charge is 0.268 e. The molecule has 0 spiro atoms. The summed E-state index contributed by atoms with van der Waals surface area (Å²) in [7, 11) is 1.87. The number of nitrogens with two attached hydrogens (primary N) is 1. The van der Waals surface area contributed by atoms with Crippen molar-refractivity contribution in [2.24, 2.45) is 5.84 Å². The molecule has 4 N–H and O–H groups in total. The molecule has 6 nitrogen and oxygen atoms in total. The van der Waals surface area contributed by atoms with Gasteiger partial charge in [-0.3, -0.25) is 15.1 Å². The number of nitrogens with zero attached hydrogens (tertiary/aromatic N) is 1. The van der Waals surface area contributed by atoms with Crippen molar-refractivity contribution in [2.75, 3.05) is 13.6 Å². The Morgan fingerprint density at radius 3 is 2.88 bits per heavy atom. The van der Waals surface area contributed by atoms with Gasteiger partial charge >= 0.3 is 0 Å². The van der Waals surface area contributed by atoms with Crippen molar-refractivity contribution in [1.29, 1.82) is 0 Å². The summed E-state index contributed by atoms with van der Waals surface area (Å²) in [5.74, 6) is 5.91. The van der Waals surface area contributed by atoms with Crippen LogP contribution in [0, 0.1) is 6.92 Å². The van der Waals surface area contributed by atoms with Gasteiger partial charge in [-0.25, -0.2) is 5.84 Å². The van der Waals surface area contributed by atoms with Gasteiger partial charge in [-0.1, -0.05) is 0 Å². The Bertz CT molecular complexity index is 387. The van der Waals surface area contributed by atoms with E-state index in [9.17, 15) is 9.90 Å². The lowest BCUT2D eigenvalue weighted by Gasteiger charge is -2.16. The van der Waals surface area contributed by atoms with Crippen LogP contribution in [0.25, 0.3) is 0 Å². The number of carbonyl (C=O) groups excluding carboxylic acids is 1. The van der Waals surface area contributed by atoms with Crippen LogP contribution < -0.4 is 11.3 Å². The number of hydrazine groups is 1. The largest absolute Gasteiger partial charge is 0.464 e. The fourth-order valence-corrected chi connectivity index (χ4v) is 1.71. The van der Waals surface area contributed by atoms with E-state index in [0.29, 0.717) is 30.2 Å². The Morgan fingerprint density at radius 2 is 2.35 bits per heavy atom. The van der Waals surface area contributed by atoms with Crippen LogP contribution in [-0.2, 0) is 6.54 Å². The van der Waals surface area contributed by atoms with E-state index in [1.54, 1.807) is 19.9 Å². The first-order valence-electron chi connectivity index (χ1n) is 5.41. The first kappa shape index (κ1) is 13.7. The number of nitrogens with one attached hydrogen (secondary N) is 1. The number of aliphatic hydroxyl groups is 1. The molecule has 1 atom stereocenters. The molecule has 96 valence electrons. The van der Waals surface area contributed by atoms with Crippen molar-refractivity contribution < 1.29 is 14.3 Å². The molecular weight excluding hydrogens is 222 g/mol. The minimum Gasteiger partial charge on any atom is -0.464 e. The summed E-state index contributed by atoms with van der Waals surface area (Å²) < 4.78 is 5.45. The second-order valence-corrected chi connectivity index (χ2v) is 4.20. The fraction of sp³-hybridized carbons (Fsp3) is 0.545. The highest BCUT2D eigenvalue weighted by Crippen LogP contribution is 2.15. The third-order valence-corrected chi connectivity index (χ3v) is 2.35. The highest BCUT2D eigenvalue weighted by Gasteiger charge is 2.15. The minimum absolute atomic E-state index is 0.365. The first-order valence-corrected chi connectivity index (χ1v) is 5.41. The number of aliphatic hydroxyl groups excluding tert-OH is 1. The average molecular weight is 241 g/mol. The number of carbonyl (C=O) groups is 1. The predicted octanol–water partition coefficient (Wildman–Crippen LogP) is 0.00412. The molecular formula is C11H19N3O3. The first-order chi connectivity index (χ1) is 7.93. The zero-order chi connectivity index (χ0) is 13.0. The molecule has 1 unspecified atom stereocenters. The van der Waals surface area contributed by atoms with Crippen molar-refractivity contribution in [3.63, 3.8) is 0 Å². The Kier molecular flexibility index (Phi) is 4.68. The van der Waals surface area contributed by atoms with Crippen LogP contribution in [0.3, 0.4) is 0 Å². The molecule has 17 heavy (non-hydrogen) atoms. The molecule has 0 saturated heterocycles. The van der Waals surface area contributed by atoms with Crippen molar-refractivity contribution in [3.05, 3.63) is 23.2 Å². The Labute approximate surface area is 100 Å². The zero-order valence-corrected chi connectivity index (χ0v) is 10.4. The number of rotatable bonds is 5. The summed E-state index contributed by atoms with van der Waals surface area (Å²) in [5.41, 5.74) is 2.51. The SMILES string of the molecule is Cc1oc(CN(C)CC(C)O)cc1C(=O)NN. The highest BCUT2D eigenvalue weighted by atomic mass is 16.3. The second kappa shape index (κ2) is 5.81. The zero-order valence-electron chi connectivity index (χ0n) is 10.4. The molecule has 0 aliphatic carbocycles. The van der Waals surface area contributed by atoms with Gasteiger partial charge < -0.3 is 9.52 Å². The lowest BCUT2D eigenvalue weighted by molar-refractivity contribution is 0.0952. The number of aryl methyl sites for hydroxylation is 1. The molecule has 0 bridgehead atoms. The normalized spacial score (nSPS) is 12.8. The second-order valence-electron chi connectivity index (χ2n) is 4.20. The van der Waals surface area contributed by atoms with Crippen LogP contribution in [-0.4, -0.2) is 35.6 Å². The Morgan fingerprint density at radius 1 is 1.71 bits per heavy atom. The lowest BCUT2D eigenvalue weighted by atomic mass is 10.2. The van der Waals surface area contributed by atoms with Crippen molar-refractivity contribution >= 4 is 5.91 Å². The lowest BCUT2D eigenvalue weighted by Crippen LogP contribution is -2.30. The Balaban J connectivity index is 2.70. The maximum atomic E-state index is 11.4. The van der Waals surface area contributed by atoms with E-state index in [1.807, 2.05) is 11.9 Å². The van der Waals surface area contributed by atoms with Gasteiger partial charge in [0.2, 0.25) is 0 Å². The summed E-state index contributed by atoms with van der Waals surface area (Å²) >= 11 is 0. The van der Waals surface area contributed by atoms with Gasteiger partial charge in [-0.15, -0.1) is 0 Å². The molecule has 1 aromatic heterocycles. The van der Waals surface area contributed by atoms with E-state index < -0.39 is 6.10 Å². The van der Waals surface area contributed by atoms with Gasteiger partial charge in [0.1, 0.15) is 11.5 Å². The maximum Gasteiger partial charge on any atom is 0.268 e. The fourth-order valence-electron chi connectivity index (χ4n) is 1.71. The molecule has 0 saturated carbocycles. The van der Waals surface area contributed by atoms with Crippen LogP contribution in [0.15, 0.2) is 10.5 Å². The maximum absolute atomic E-state index is 11.4. The molecule has 0 aliphatic rings. The third-order valence-electron chi connectivity index (χ3n) is 2.35. The van der Waals surface area contributed by atoms with Gasteiger partial charge in [0.15, 0.2) is 0 Å². The third kappa shape index (κ3) is 3.85. The van der Waals surface area contributed by atoms with Crippen molar-refractivity contribution in [1.82, 2.24) is 10.3 Å². The molecule has 1 rings (SSSR count).